The van der Waals surface area contributed by atoms with Gasteiger partial charge in [0.15, 0.2) is 5.65 Å². The highest BCUT2D eigenvalue weighted by atomic mass is 35.5. The van der Waals surface area contributed by atoms with Crippen LogP contribution in [0.25, 0.3) is 11.0 Å². The highest BCUT2D eigenvalue weighted by Crippen LogP contribution is 2.16. The van der Waals surface area contributed by atoms with Gasteiger partial charge in [-0.2, -0.15) is 0 Å². The topological polar surface area (TPSA) is 51.6 Å². The highest BCUT2D eigenvalue weighted by molar-refractivity contribution is 6.33. The molecule has 4 nitrogen and oxygen atoms in total. The molecule has 0 saturated carbocycles. The minimum absolute atomic E-state index is 0.419. The lowest BCUT2D eigenvalue weighted by molar-refractivity contribution is 0.949. The third kappa shape index (κ3) is 1.45. The molecule has 0 aliphatic rings. The normalized spacial score (nSPS) is 10.6. The predicted octanol–water partition coefficient (Wildman–Crippen LogP) is 1.64. The van der Waals surface area contributed by atoms with Gasteiger partial charge in [0.2, 0.25) is 0 Å². The van der Waals surface area contributed by atoms with Crippen LogP contribution in [0.2, 0.25) is 5.15 Å². The van der Waals surface area contributed by atoms with Crippen LogP contribution in [0, 0.1) is 0 Å². The number of fused-ring (bicyclic) bond motifs is 1. The Hall–Kier alpha value is -1.29. The summed E-state index contributed by atoms with van der Waals surface area (Å²) in [4.78, 5) is 16.2. The van der Waals surface area contributed by atoms with Crippen LogP contribution in [0.1, 0.15) is 12.7 Å². The minimum Gasteiger partial charge on any atom is -0.244 e. The van der Waals surface area contributed by atoms with Crippen LogP contribution < -0.4 is 0 Å². The molecule has 0 aliphatic heterocycles. The Morgan fingerprint density at radius 3 is 3.00 bits per heavy atom. The zero-order valence-corrected chi connectivity index (χ0v) is 7.78. The number of hydrogen-bond donors (Lipinski definition) is 0. The summed E-state index contributed by atoms with van der Waals surface area (Å²) in [5.74, 6) is 0.705. The summed E-state index contributed by atoms with van der Waals surface area (Å²) in [7, 11) is 0. The maximum Gasteiger partial charge on any atom is 0.167 e. The summed E-state index contributed by atoms with van der Waals surface area (Å²) in [6.07, 6.45) is 3.81. The zero-order chi connectivity index (χ0) is 9.26. The number of aromatic nitrogens is 4. The van der Waals surface area contributed by atoms with Gasteiger partial charge in [0, 0.05) is 12.6 Å². The molecular formula is C8H7ClN4. The summed E-state index contributed by atoms with van der Waals surface area (Å²) >= 11 is 5.91. The molecular weight excluding hydrogens is 188 g/mol. The third-order valence-electron chi connectivity index (χ3n) is 1.69. The Morgan fingerprint density at radius 2 is 2.23 bits per heavy atom. The van der Waals surface area contributed by atoms with Crippen LogP contribution >= 0.6 is 11.6 Å². The molecule has 0 fully saturated rings. The molecule has 0 spiro atoms. The van der Waals surface area contributed by atoms with Crippen LogP contribution in [-0.4, -0.2) is 19.9 Å². The van der Waals surface area contributed by atoms with Crippen molar-refractivity contribution in [2.75, 3.05) is 0 Å². The molecule has 13 heavy (non-hydrogen) atoms. The molecule has 0 atom stereocenters. The number of nitrogens with zero attached hydrogens (tertiary/aromatic N) is 4. The van der Waals surface area contributed by atoms with Crippen molar-refractivity contribution in [1.29, 1.82) is 0 Å². The van der Waals surface area contributed by atoms with Crippen molar-refractivity contribution in [2.24, 2.45) is 0 Å². The van der Waals surface area contributed by atoms with Crippen LogP contribution in [0.5, 0.6) is 0 Å². The number of aryl methyl sites for hydroxylation is 1. The van der Waals surface area contributed by atoms with Crippen LogP contribution in [0.15, 0.2) is 12.5 Å². The Bertz CT molecular complexity index is 443. The molecule has 0 amide bonds. The average molecular weight is 195 g/mol. The van der Waals surface area contributed by atoms with E-state index in [1.165, 1.54) is 6.33 Å². The molecule has 2 heterocycles. The van der Waals surface area contributed by atoms with Crippen molar-refractivity contribution in [3.8, 4) is 0 Å². The fourth-order valence-corrected chi connectivity index (χ4v) is 1.27. The molecule has 0 radical (unpaired) electrons. The quantitative estimate of drug-likeness (QED) is 0.648. The van der Waals surface area contributed by atoms with Crippen molar-refractivity contribution < 1.29 is 0 Å². The van der Waals surface area contributed by atoms with E-state index in [4.69, 9.17) is 11.6 Å². The van der Waals surface area contributed by atoms with E-state index in [0.29, 0.717) is 22.0 Å². The Kier molecular flexibility index (Phi) is 2.06. The van der Waals surface area contributed by atoms with E-state index < -0.39 is 0 Å². The monoisotopic (exact) mass is 194 g/mol. The van der Waals surface area contributed by atoms with Crippen molar-refractivity contribution >= 4 is 22.6 Å². The highest BCUT2D eigenvalue weighted by Gasteiger charge is 2.04. The van der Waals surface area contributed by atoms with Gasteiger partial charge in [-0.05, 0) is 0 Å². The number of hydrogen-bond acceptors (Lipinski definition) is 4. The minimum atomic E-state index is 0.419. The predicted molar refractivity (Wildman–Crippen MR) is 49.5 cm³/mol. The standard InChI is InChI=1S/C8H7ClN4/c1-2-6-12-7(9)5-3-10-4-11-8(5)13-6/h3-4H,2H2,1H3. The van der Waals surface area contributed by atoms with Gasteiger partial charge in [0.1, 0.15) is 17.3 Å². The van der Waals surface area contributed by atoms with Crippen LogP contribution in [0.4, 0.5) is 0 Å². The van der Waals surface area contributed by atoms with E-state index >= 15 is 0 Å². The van der Waals surface area contributed by atoms with Gasteiger partial charge in [-0.15, -0.1) is 0 Å². The van der Waals surface area contributed by atoms with Crippen LogP contribution in [-0.2, 0) is 6.42 Å². The van der Waals surface area contributed by atoms with Gasteiger partial charge in [-0.1, -0.05) is 18.5 Å². The Labute approximate surface area is 80.0 Å². The molecule has 0 aliphatic carbocycles. The SMILES string of the molecule is CCc1nc(Cl)c2cncnc2n1. The maximum atomic E-state index is 5.91. The largest absolute Gasteiger partial charge is 0.244 e. The van der Waals surface area contributed by atoms with E-state index in [9.17, 15) is 0 Å². The smallest absolute Gasteiger partial charge is 0.167 e. The summed E-state index contributed by atoms with van der Waals surface area (Å²) < 4.78 is 0. The molecule has 0 aromatic carbocycles. The fraction of sp³-hybridized carbons (Fsp3) is 0.250. The lowest BCUT2D eigenvalue weighted by Gasteiger charge is -1.99. The lowest BCUT2D eigenvalue weighted by atomic mass is 10.4. The first-order valence-corrected chi connectivity index (χ1v) is 4.31. The van der Waals surface area contributed by atoms with Gasteiger partial charge >= 0.3 is 0 Å². The Balaban J connectivity index is 2.77. The van der Waals surface area contributed by atoms with Crippen molar-refractivity contribution in [1.82, 2.24) is 19.9 Å². The first kappa shape index (κ1) is 8.31. The van der Waals surface area contributed by atoms with E-state index in [0.717, 1.165) is 6.42 Å². The second kappa shape index (κ2) is 3.22. The number of halogens is 1. The van der Waals surface area contributed by atoms with Crippen molar-refractivity contribution in [3.63, 3.8) is 0 Å². The van der Waals surface area contributed by atoms with Gasteiger partial charge in [-0.3, -0.25) is 0 Å². The number of rotatable bonds is 1. The van der Waals surface area contributed by atoms with Crippen LogP contribution in [0.3, 0.4) is 0 Å². The molecule has 0 saturated heterocycles. The van der Waals surface area contributed by atoms with E-state index in [1.54, 1.807) is 6.20 Å². The van der Waals surface area contributed by atoms with Gasteiger partial charge < -0.3 is 0 Å². The molecule has 0 N–H and O–H groups in total. The first-order chi connectivity index (χ1) is 6.31. The summed E-state index contributed by atoms with van der Waals surface area (Å²) in [5.41, 5.74) is 0.604. The molecule has 0 bridgehead atoms. The zero-order valence-electron chi connectivity index (χ0n) is 7.03. The van der Waals surface area contributed by atoms with Gasteiger partial charge in [0.05, 0.1) is 5.39 Å². The second-order valence-electron chi connectivity index (χ2n) is 2.54. The molecule has 0 unspecified atom stereocenters. The van der Waals surface area contributed by atoms with Gasteiger partial charge in [-0.25, -0.2) is 19.9 Å². The second-order valence-corrected chi connectivity index (χ2v) is 2.90. The third-order valence-corrected chi connectivity index (χ3v) is 1.98. The van der Waals surface area contributed by atoms with E-state index in [-0.39, 0.29) is 0 Å². The summed E-state index contributed by atoms with van der Waals surface area (Å²) in [6.45, 7) is 1.97. The molecule has 2 rings (SSSR count). The molecule has 66 valence electrons. The first-order valence-electron chi connectivity index (χ1n) is 3.93. The van der Waals surface area contributed by atoms with E-state index in [1.807, 2.05) is 6.92 Å². The fourth-order valence-electron chi connectivity index (χ4n) is 1.04. The average Bonchev–Trinajstić information content (AvgIpc) is 2.18. The molecule has 2 aromatic heterocycles. The molecule has 2 aromatic rings. The van der Waals surface area contributed by atoms with Gasteiger partial charge in [0.25, 0.3) is 0 Å². The molecule has 5 heteroatoms. The van der Waals surface area contributed by atoms with Crippen molar-refractivity contribution in [2.45, 2.75) is 13.3 Å². The maximum absolute atomic E-state index is 5.91. The summed E-state index contributed by atoms with van der Waals surface area (Å²) in [5, 5.41) is 1.11. The lowest BCUT2D eigenvalue weighted by Crippen LogP contribution is -1.96. The Morgan fingerprint density at radius 1 is 1.38 bits per heavy atom. The van der Waals surface area contributed by atoms with Crippen molar-refractivity contribution in [3.05, 3.63) is 23.5 Å². The van der Waals surface area contributed by atoms with E-state index in [2.05, 4.69) is 19.9 Å². The summed E-state index contributed by atoms with van der Waals surface area (Å²) in [6, 6.07) is 0.